The Morgan fingerprint density at radius 1 is 1.09 bits per heavy atom. The van der Waals surface area contributed by atoms with Gasteiger partial charge in [0.2, 0.25) is 5.95 Å². The van der Waals surface area contributed by atoms with Crippen LogP contribution in [0.4, 0.5) is 5.95 Å². The van der Waals surface area contributed by atoms with Gasteiger partial charge in [-0.05, 0) is 37.9 Å². The second kappa shape index (κ2) is 4.64. The SMILES string of the molecule is Cc1ccc2nc(N3CC4CN(C)CC4C3)n3ncnc3c2c1. The van der Waals surface area contributed by atoms with Gasteiger partial charge in [0, 0.05) is 31.6 Å². The normalized spacial score (nSPS) is 24.9. The van der Waals surface area contributed by atoms with Crippen LogP contribution in [0.15, 0.2) is 24.5 Å². The van der Waals surface area contributed by atoms with E-state index in [4.69, 9.17) is 4.98 Å². The van der Waals surface area contributed by atoms with Gasteiger partial charge in [0.1, 0.15) is 6.33 Å². The summed E-state index contributed by atoms with van der Waals surface area (Å²) >= 11 is 0. The summed E-state index contributed by atoms with van der Waals surface area (Å²) in [7, 11) is 2.22. The van der Waals surface area contributed by atoms with E-state index in [1.54, 1.807) is 6.33 Å². The summed E-state index contributed by atoms with van der Waals surface area (Å²) < 4.78 is 1.91. The Labute approximate surface area is 134 Å². The first kappa shape index (κ1) is 13.2. The number of rotatable bonds is 1. The van der Waals surface area contributed by atoms with E-state index in [0.29, 0.717) is 0 Å². The zero-order chi connectivity index (χ0) is 15.6. The molecule has 2 fully saturated rings. The Bertz CT molecular complexity index is 887. The summed E-state index contributed by atoms with van der Waals surface area (Å²) in [6.07, 6.45) is 1.63. The van der Waals surface area contributed by atoms with Gasteiger partial charge in [-0.2, -0.15) is 9.61 Å². The zero-order valence-electron chi connectivity index (χ0n) is 13.5. The summed E-state index contributed by atoms with van der Waals surface area (Å²) in [5.74, 6) is 2.43. The third-order valence-corrected chi connectivity index (χ3v) is 5.30. The van der Waals surface area contributed by atoms with Gasteiger partial charge in [0.25, 0.3) is 0 Å². The molecule has 6 nitrogen and oxygen atoms in total. The van der Waals surface area contributed by atoms with E-state index in [-0.39, 0.29) is 0 Å². The quantitative estimate of drug-likeness (QED) is 0.683. The van der Waals surface area contributed by atoms with Crippen LogP contribution < -0.4 is 4.90 Å². The van der Waals surface area contributed by atoms with Gasteiger partial charge in [0.05, 0.1) is 5.52 Å². The average molecular weight is 308 g/mol. The van der Waals surface area contributed by atoms with Crippen LogP contribution in [0.2, 0.25) is 0 Å². The molecule has 1 aromatic carbocycles. The Balaban J connectivity index is 1.64. The molecule has 2 aromatic heterocycles. The Hall–Kier alpha value is -2.21. The van der Waals surface area contributed by atoms with Crippen LogP contribution in [-0.4, -0.2) is 57.7 Å². The molecule has 0 N–H and O–H groups in total. The van der Waals surface area contributed by atoms with Crippen molar-refractivity contribution in [1.82, 2.24) is 24.5 Å². The molecule has 0 radical (unpaired) electrons. The number of hydrogen-bond donors (Lipinski definition) is 0. The van der Waals surface area contributed by atoms with Crippen LogP contribution in [0.25, 0.3) is 16.6 Å². The lowest BCUT2D eigenvalue weighted by Crippen LogP contribution is -2.29. The molecule has 2 atom stereocenters. The molecule has 4 heterocycles. The highest BCUT2D eigenvalue weighted by Gasteiger charge is 2.40. The number of benzene rings is 1. The summed E-state index contributed by atoms with van der Waals surface area (Å²) in [5, 5.41) is 5.52. The van der Waals surface area contributed by atoms with Crippen molar-refractivity contribution in [1.29, 1.82) is 0 Å². The number of aromatic nitrogens is 4. The Morgan fingerprint density at radius 3 is 2.65 bits per heavy atom. The van der Waals surface area contributed by atoms with E-state index in [0.717, 1.165) is 47.4 Å². The summed E-state index contributed by atoms with van der Waals surface area (Å²) in [6.45, 7) is 6.60. The fourth-order valence-corrected chi connectivity index (χ4v) is 4.25. The lowest BCUT2D eigenvalue weighted by molar-refractivity contribution is 0.386. The van der Waals surface area contributed by atoms with Gasteiger partial charge in [-0.3, -0.25) is 0 Å². The maximum atomic E-state index is 4.92. The summed E-state index contributed by atoms with van der Waals surface area (Å²) in [4.78, 5) is 14.2. The maximum absolute atomic E-state index is 4.92. The molecular formula is C17H20N6. The lowest BCUT2D eigenvalue weighted by Gasteiger charge is -2.21. The van der Waals surface area contributed by atoms with Crippen molar-refractivity contribution in [2.45, 2.75) is 6.92 Å². The second-order valence-electron chi connectivity index (χ2n) is 7.07. The van der Waals surface area contributed by atoms with Crippen LogP contribution in [0.3, 0.4) is 0 Å². The van der Waals surface area contributed by atoms with Gasteiger partial charge in [0.15, 0.2) is 5.65 Å². The molecule has 0 saturated carbocycles. The van der Waals surface area contributed by atoms with E-state index in [1.165, 1.54) is 18.7 Å². The Morgan fingerprint density at radius 2 is 1.87 bits per heavy atom. The third-order valence-electron chi connectivity index (χ3n) is 5.30. The van der Waals surface area contributed by atoms with Crippen LogP contribution in [-0.2, 0) is 0 Å². The minimum atomic E-state index is 0.745. The first-order valence-corrected chi connectivity index (χ1v) is 8.22. The fourth-order valence-electron chi connectivity index (χ4n) is 4.25. The molecule has 6 heteroatoms. The smallest absolute Gasteiger partial charge is 0.229 e. The lowest BCUT2D eigenvalue weighted by atomic mass is 10.0. The number of hydrogen-bond acceptors (Lipinski definition) is 5. The van der Waals surface area contributed by atoms with Crippen molar-refractivity contribution in [3.63, 3.8) is 0 Å². The highest BCUT2D eigenvalue weighted by Crippen LogP contribution is 2.33. The largest absolute Gasteiger partial charge is 0.340 e. The minimum Gasteiger partial charge on any atom is -0.340 e. The van der Waals surface area contributed by atoms with Gasteiger partial charge < -0.3 is 9.80 Å². The van der Waals surface area contributed by atoms with Crippen molar-refractivity contribution in [3.05, 3.63) is 30.1 Å². The van der Waals surface area contributed by atoms with E-state index in [1.807, 2.05) is 4.52 Å². The number of nitrogens with zero attached hydrogens (tertiary/aromatic N) is 6. The van der Waals surface area contributed by atoms with Gasteiger partial charge >= 0.3 is 0 Å². The summed E-state index contributed by atoms with van der Waals surface area (Å²) in [6, 6.07) is 6.34. The molecule has 2 saturated heterocycles. The van der Waals surface area contributed by atoms with Crippen LogP contribution >= 0.6 is 0 Å². The molecule has 23 heavy (non-hydrogen) atoms. The molecule has 2 aliphatic heterocycles. The minimum absolute atomic E-state index is 0.745. The van der Waals surface area contributed by atoms with Crippen LogP contribution in [0.1, 0.15) is 5.56 Å². The van der Waals surface area contributed by atoms with Gasteiger partial charge in [-0.15, -0.1) is 0 Å². The van der Waals surface area contributed by atoms with Crippen molar-refractivity contribution in [2.75, 3.05) is 38.1 Å². The zero-order valence-corrected chi connectivity index (χ0v) is 13.5. The molecule has 0 spiro atoms. The fraction of sp³-hybridized carbons (Fsp3) is 0.471. The summed E-state index contributed by atoms with van der Waals surface area (Å²) in [5.41, 5.74) is 3.12. The average Bonchev–Trinajstić information content (AvgIpc) is 3.20. The number of fused-ring (bicyclic) bond motifs is 4. The van der Waals surface area contributed by atoms with Crippen molar-refractivity contribution < 1.29 is 0 Å². The third kappa shape index (κ3) is 1.94. The molecule has 0 bridgehead atoms. The van der Waals surface area contributed by atoms with E-state index in [2.05, 4.69) is 52.1 Å². The number of likely N-dealkylation sites (tertiary alicyclic amines) is 1. The molecule has 0 aliphatic carbocycles. The number of anilines is 1. The second-order valence-corrected chi connectivity index (χ2v) is 7.07. The van der Waals surface area contributed by atoms with E-state index in [9.17, 15) is 0 Å². The van der Waals surface area contributed by atoms with Crippen LogP contribution in [0.5, 0.6) is 0 Å². The first-order chi connectivity index (χ1) is 11.2. The predicted octanol–water partition coefficient (Wildman–Crippen LogP) is 1.58. The highest BCUT2D eigenvalue weighted by atomic mass is 15.4. The standard InChI is InChI=1S/C17H20N6/c1-11-3-4-15-14(5-11)16-18-10-19-23(16)17(20-15)22-8-12-6-21(2)7-13(12)9-22/h3-5,10,12-13H,6-9H2,1-2H3. The van der Waals surface area contributed by atoms with Crippen molar-refractivity contribution >= 4 is 22.5 Å². The monoisotopic (exact) mass is 308 g/mol. The molecule has 0 amide bonds. The Kier molecular flexibility index (Phi) is 2.68. The molecular weight excluding hydrogens is 288 g/mol. The molecule has 3 aromatic rings. The number of aryl methyl sites for hydroxylation is 1. The van der Waals surface area contributed by atoms with Gasteiger partial charge in [-0.1, -0.05) is 11.6 Å². The molecule has 5 rings (SSSR count). The topological polar surface area (TPSA) is 49.6 Å². The predicted molar refractivity (Wildman–Crippen MR) is 89.7 cm³/mol. The maximum Gasteiger partial charge on any atom is 0.229 e. The molecule has 118 valence electrons. The van der Waals surface area contributed by atoms with Crippen molar-refractivity contribution in [2.24, 2.45) is 11.8 Å². The van der Waals surface area contributed by atoms with Crippen LogP contribution in [0, 0.1) is 18.8 Å². The van der Waals surface area contributed by atoms with E-state index >= 15 is 0 Å². The first-order valence-electron chi connectivity index (χ1n) is 8.22. The van der Waals surface area contributed by atoms with E-state index < -0.39 is 0 Å². The highest BCUT2D eigenvalue weighted by molar-refractivity contribution is 5.92. The molecule has 2 aliphatic rings. The van der Waals surface area contributed by atoms with Gasteiger partial charge in [-0.25, -0.2) is 9.97 Å². The van der Waals surface area contributed by atoms with Crippen molar-refractivity contribution in [3.8, 4) is 0 Å². The molecule has 2 unspecified atom stereocenters.